The van der Waals surface area contributed by atoms with Crippen LogP contribution in [0.25, 0.3) is 0 Å². The molecule has 0 aliphatic rings. The lowest BCUT2D eigenvalue weighted by Crippen LogP contribution is -2.26. The van der Waals surface area contributed by atoms with E-state index in [1.54, 1.807) is 7.05 Å². The summed E-state index contributed by atoms with van der Waals surface area (Å²) in [6.45, 7) is 0.697. The zero-order valence-corrected chi connectivity index (χ0v) is 6.79. The zero-order valence-electron chi connectivity index (χ0n) is 6.79. The number of rotatable bonds is 6. The first-order valence-corrected chi connectivity index (χ1v) is 3.67. The SMILES string of the molecule is CNC(C=O)CCCN=CN. The molecule has 3 N–H and O–H groups in total. The van der Waals surface area contributed by atoms with Gasteiger partial charge in [-0.3, -0.25) is 4.99 Å². The summed E-state index contributed by atoms with van der Waals surface area (Å²) in [7, 11) is 1.77. The molecule has 0 aromatic rings. The van der Waals surface area contributed by atoms with Crippen molar-refractivity contribution in [3.05, 3.63) is 0 Å². The van der Waals surface area contributed by atoms with Crippen LogP contribution in [0.1, 0.15) is 12.8 Å². The first kappa shape index (κ1) is 10.1. The third-order valence-corrected chi connectivity index (χ3v) is 1.44. The molecule has 0 aliphatic heterocycles. The molecular weight excluding hydrogens is 142 g/mol. The Morgan fingerprint density at radius 1 is 1.73 bits per heavy atom. The van der Waals surface area contributed by atoms with Crippen LogP contribution < -0.4 is 11.1 Å². The second kappa shape index (κ2) is 7.21. The van der Waals surface area contributed by atoms with E-state index < -0.39 is 0 Å². The number of aldehydes is 1. The first-order valence-electron chi connectivity index (χ1n) is 3.67. The van der Waals surface area contributed by atoms with Crippen molar-refractivity contribution in [3.8, 4) is 0 Å². The molecule has 0 radical (unpaired) electrons. The Kier molecular flexibility index (Phi) is 6.62. The van der Waals surface area contributed by atoms with Crippen molar-refractivity contribution in [1.82, 2.24) is 5.32 Å². The van der Waals surface area contributed by atoms with E-state index in [2.05, 4.69) is 10.3 Å². The predicted molar refractivity (Wildman–Crippen MR) is 45.7 cm³/mol. The van der Waals surface area contributed by atoms with Gasteiger partial charge in [-0.2, -0.15) is 0 Å². The number of carbonyl (C=O) groups excluding carboxylic acids is 1. The molecule has 11 heavy (non-hydrogen) atoms. The Morgan fingerprint density at radius 3 is 2.91 bits per heavy atom. The maximum atomic E-state index is 10.3. The Labute approximate surface area is 66.9 Å². The molecule has 0 fully saturated rings. The number of aliphatic imine (C=N–C) groups is 1. The molecule has 0 saturated carbocycles. The van der Waals surface area contributed by atoms with Crippen molar-refractivity contribution < 1.29 is 4.79 Å². The van der Waals surface area contributed by atoms with Crippen LogP contribution in [-0.2, 0) is 4.79 Å². The molecule has 4 nitrogen and oxygen atoms in total. The molecule has 0 aromatic heterocycles. The van der Waals surface area contributed by atoms with Crippen molar-refractivity contribution in [2.24, 2.45) is 10.7 Å². The Hall–Kier alpha value is -0.900. The summed E-state index contributed by atoms with van der Waals surface area (Å²) in [5.41, 5.74) is 5.03. The summed E-state index contributed by atoms with van der Waals surface area (Å²) in [4.78, 5) is 14.1. The molecule has 0 rings (SSSR count). The van der Waals surface area contributed by atoms with Gasteiger partial charge in [-0.25, -0.2) is 0 Å². The Morgan fingerprint density at radius 2 is 2.45 bits per heavy atom. The second-order valence-electron chi connectivity index (χ2n) is 2.23. The summed E-state index contributed by atoms with van der Waals surface area (Å²) in [5.74, 6) is 0. The Balaban J connectivity index is 3.28. The average molecular weight is 157 g/mol. The topological polar surface area (TPSA) is 67.5 Å². The highest BCUT2D eigenvalue weighted by Gasteiger charge is 2.00. The fraction of sp³-hybridized carbons (Fsp3) is 0.714. The summed E-state index contributed by atoms with van der Waals surface area (Å²) < 4.78 is 0. The molecule has 0 spiro atoms. The minimum atomic E-state index is -0.0389. The minimum Gasteiger partial charge on any atom is -0.390 e. The van der Waals surface area contributed by atoms with Gasteiger partial charge in [0.1, 0.15) is 6.29 Å². The molecule has 0 bridgehead atoms. The van der Waals surface area contributed by atoms with Crippen LogP contribution in [0.3, 0.4) is 0 Å². The molecule has 1 unspecified atom stereocenters. The fourth-order valence-electron chi connectivity index (χ4n) is 0.757. The van der Waals surface area contributed by atoms with Gasteiger partial charge < -0.3 is 15.8 Å². The predicted octanol–water partition coefficient (Wildman–Crippen LogP) is -0.459. The number of nitrogens with one attached hydrogen (secondary N) is 1. The molecule has 0 aliphatic carbocycles. The highest BCUT2D eigenvalue weighted by atomic mass is 16.1. The van der Waals surface area contributed by atoms with E-state index in [-0.39, 0.29) is 6.04 Å². The zero-order chi connectivity index (χ0) is 8.53. The summed E-state index contributed by atoms with van der Waals surface area (Å²) >= 11 is 0. The van der Waals surface area contributed by atoms with Gasteiger partial charge in [0.2, 0.25) is 0 Å². The second-order valence-corrected chi connectivity index (χ2v) is 2.23. The molecular formula is C7H15N3O. The van der Waals surface area contributed by atoms with Gasteiger partial charge in [0, 0.05) is 6.54 Å². The lowest BCUT2D eigenvalue weighted by molar-refractivity contribution is -0.109. The summed E-state index contributed by atoms with van der Waals surface area (Å²) in [6.07, 6.45) is 3.90. The van der Waals surface area contributed by atoms with E-state index in [1.165, 1.54) is 6.34 Å². The summed E-state index contributed by atoms with van der Waals surface area (Å²) in [6, 6.07) is -0.0389. The average Bonchev–Trinajstić information content (AvgIpc) is 2.05. The molecule has 64 valence electrons. The third-order valence-electron chi connectivity index (χ3n) is 1.44. The van der Waals surface area contributed by atoms with Crippen molar-refractivity contribution in [3.63, 3.8) is 0 Å². The van der Waals surface area contributed by atoms with Gasteiger partial charge in [0.25, 0.3) is 0 Å². The van der Waals surface area contributed by atoms with E-state index in [0.717, 1.165) is 19.1 Å². The van der Waals surface area contributed by atoms with Crippen LogP contribution in [0.5, 0.6) is 0 Å². The molecule has 1 atom stereocenters. The van der Waals surface area contributed by atoms with Crippen LogP contribution in [0, 0.1) is 0 Å². The van der Waals surface area contributed by atoms with E-state index in [0.29, 0.717) is 6.54 Å². The number of carbonyl (C=O) groups is 1. The highest BCUT2D eigenvalue weighted by molar-refractivity contribution is 5.57. The normalized spacial score (nSPS) is 13.5. The third kappa shape index (κ3) is 5.54. The lowest BCUT2D eigenvalue weighted by Gasteiger charge is -2.05. The molecule has 0 saturated heterocycles. The number of hydrogen-bond acceptors (Lipinski definition) is 3. The molecule has 0 amide bonds. The van der Waals surface area contributed by atoms with Crippen LogP contribution in [0.2, 0.25) is 0 Å². The van der Waals surface area contributed by atoms with E-state index >= 15 is 0 Å². The smallest absolute Gasteiger partial charge is 0.136 e. The van der Waals surface area contributed by atoms with E-state index in [1.807, 2.05) is 0 Å². The number of nitrogens with zero attached hydrogens (tertiary/aromatic N) is 1. The molecule has 0 aromatic carbocycles. The van der Waals surface area contributed by atoms with E-state index in [4.69, 9.17) is 5.73 Å². The van der Waals surface area contributed by atoms with Gasteiger partial charge in [-0.05, 0) is 19.9 Å². The molecule has 4 heteroatoms. The van der Waals surface area contributed by atoms with Crippen LogP contribution in [-0.4, -0.2) is 32.3 Å². The van der Waals surface area contributed by atoms with Crippen molar-refractivity contribution >= 4 is 12.6 Å². The lowest BCUT2D eigenvalue weighted by atomic mass is 10.2. The van der Waals surface area contributed by atoms with Crippen molar-refractivity contribution in [2.75, 3.05) is 13.6 Å². The van der Waals surface area contributed by atoms with Gasteiger partial charge in [-0.1, -0.05) is 0 Å². The van der Waals surface area contributed by atoms with Crippen LogP contribution in [0.4, 0.5) is 0 Å². The molecule has 0 heterocycles. The number of nitrogens with two attached hydrogens (primary N) is 1. The fourth-order valence-corrected chi connectivity index (χ4v) is 0.757. The largest absolute Gasteiger partial charge is 0.390 e. The maximum Gasteiger partial charge on any atom is 0.136 e. The van der Waals surface area contributed by atoms with Gasteiger partial charge in [-0.15, -0.1) is 0 Å². The number of likely N-dealkylation sites (N-methyl/N-ethyl adjacent to an activating group) is 1. The van der Waals surface area contributed by atoms with Gasteiger partial charge >= 0.3 is 0 Å². The van der Waals surface area contributed by atoms with Crippen molar-refractivity contribution in [2.45, 2.75) is 18.9 Å². The maximum absolute atomic E-state index is 10.3. The Bertz CT molecular complexity index is 125. The summed E-state index contributed by atoms with van der Waals surface area (Å²) in [5, 5.41) is 2.88. The first-order chi connectivity index (χ1) is 5.35. The monoisotopic (exact) mass is 157 g/mol. The minimum absolute atomic E-state index is 0.0389. The standard InChI is InChI=1S/C7H15N3O/c1-9-7(5-11)3-2-4-10-6-8/h5-7,9H,2-4H2,1H3,(H2,8,10). The van der Waals surface area contributed by atoms with Crippen molar-refractivity contribution in [1.29, 1.82) is 0 Å². The number of hydrogen-bond donors (Lipinski definition) is 2. The van der Waals surface area contributed by atoms with Crippen LogP contribution in [0.15, 0.2) is 4.99 Å². The van der Waals surface area contributed by atoms with Gasteiger partial charge in [0.15, 0.2) is 0 Å². The van der Waals surface area contributed by atoms with Crippen LogP contribution >= 0.6 is 0 Å². The highest BCUT2D eigenvalue weighted by Crippen LogP contribution is 1.93. The van der Waals surface area contributed by atoms with Gasteiger partial charge in [0.05, 0.1) is 12.4 Å². The van der Waals surface area contributed by atoms with E-state index in [9.17, 15) is 4.79 Å². The quantitative estimate of drug-likeness (QED) is 0.237.